The third kappa shape index (κ3) is 13.9. The number of alkyl halides is 1. The number of carbonyl (C=O) groups is 2. The summed E-state index contributed by atoms with van der Waals surface area (Å²) in [5, 5.41) is 8.83. The van der Waals surface area contributed by atoms with E-state index in [-0.39, 0.29) is 24.0 Å². The Morgan fingerprint density at radius 3 is 1.53 bits per heavy atom. The Morgan fingerprint density at radius 2 is 1.13 bits per heavy atom. The van der Waals surface area contributed by atoms with Gasteiger partial charge in [-0.1, -0.05) is 35.4 Å². The number of ether oxygens (including phenoxy) is 3. The average Bonchev–Trinajstić information content (AvgIpc) is 3.57. The molecule has 55 heavy (non-hydrogen) atoms. The smallest absolute Gasteiger partial charge is 0.255 e. The monoisotopic (exact) mass is 876 g/mol. The maximum absolute atomic E-state index is 12.8. The van der Waals surface area contributed by atoms with Gasteiger partial charge in [-0.15, -0.1) is 0 Å². The van der Waals surface area contributed by atoms with Gasteiger partial charge in [0.1, 0.15) is 6.10 Å². The molecule has 2 saturated carbocycles. The van der Waals surface area contributed by atoms with E-state index in [1.807, 2.05) is 45.9 Å². The van der Waals surface area contributed by atoms with Gasteiger partial charge in [-0.2, -0.15) is 0 Å². The van der Waals surface area contributed by atoms with Crippen LogP contribution in [-0.2, 0) is 9.47 Å². The van der Waals surface area contributed by atoms with Gasteiger partial charge in [-0.05, 0) is 81.4 Å². The average molecular weight is 877 g/mol. The van der Waals surface area contributed by atoms with Crippen LogP contribution in [0.25, 0.3) is 0 Å². The molecule has 1 N–H and O–H groups in total. The van der Waals surface area contributed by atoms with Gasteiger partial charge in [0.25, 0.3) is 11.8 Å². The first-order chi connectivity index (χ1) is 26.9. The minimum absolute atomic E-state index is 0.0885. The Balaban J connectivity index is 0.000000176. The van der Waals surface area contributed by atoms with Crippen molar-refractivity contribution in [3.05, 3.63) is 53.5 Å². The fourth-order valence-electron chi connectivity index (χ4n) is 7.70. The predicted molar refractivity (Wildman–Crippen MR) is 223 cm³/mol. The van der Waals surface area contributed by atoms with Crippen LogP contribution in [0.2, 0.25) is 0 Å². The molecule has 2 amide bonds. The molecule has 0 unspecified atom stereocenters. The Morgan fingerprint density at radius 1 is 0.636 bits per heavy atom. The maximum atomic E-state index is 12.8. The summed E-state index contributed by atoms with van der Waals surface area (Å²) in [6, 6.07) is 9.00. The van der Waals surface area contributed by atoms with Crippen LogP contribution in [0, 0.1) is 6.92 Å². The quantitative estimate of drug-likeness (QED) is 0.289. The number of rotatable bonds is 6. The van der Waals surface area contributed by atoms with Crippen LogP contribution in [-0.4, -0.2) is 154 Å². The van der Waals surface area contributed by atoms with Gasteiger partial charge in [0.15, 0.2) is 0 Å². The summed E-state index contributed by atoms with van der Waals surface area (Å²) >= 11 is 2.15. The minimum atomic E-state index is -0.0891. The molecule has 0 spiro atoms. The Labute approximate surface area is 342 Å². The highest BCUT2D eigenvalue weighted by atomic mass is 127. The summed E-state index contributed by atoms with van der Waals surface area (Å²) in [6.07, 6.45) is 17.1. The Hall–Kier alpha value is -2.43. The third-order valence-electron chi connectivity index (χ3n) is 11.6. The molecule has 4 aliphatic heterocycles. The van der Waals surface area contributed by atoms with Crippen LogP contribution >= 0.6 is 22.6 Å². The summed E-state index contributed by atoms with van der Waals surface area (Å²) in [4.78, 5) is 45.0. The van der Waals surface area contributed by atoms with E-state index in [0.717, 1.165) is 135 Å². The lowest BCUT2D eigenvalue weighted by Crippen LogP contribution is -2.42. The van der Waals surface area contributed by atoms with E-state index in [4.69, 9.17) is 19.3 Å². The van der Waals surface area contributed by atoms with Crippen molar-refractivity contribution in [1.29, 1.82) is 0 Å². The minimum Gasteiger partial charge on any atom is -0.474 e. The molecule has 306 valence electrons. The van der Waals surface area contributed by atoms with Crippen LogP contribution in [0.15, 0.2) is 36.7 Å². The van der Waals surface area contributed by atoms with Gasteiger partial charge in [-0.25, -0.2) is 4.98 Å². The van der Waals surface area contributed by atoms with Crippen molar-refractivity contribution in [1.82, 2.24) is 29.6 Å². The van der Waals surface area contributed by atoms with Gasteiger partial charge < -0.3 is 29.1 Å². The number of nitrogens with zero attached hydrogens (tertiary/aromatic N) is 6. The van der Waals surface area contributed by atoms with Gasteiger partial charge >= 0.3 is 0 Å². The SMILES string of the molecule is CI.Cc1ccc(C(=O)N2CCCN(C3CCC3)CC2)cn1.O=C(c1ccc(OC2CCOCC2)nc1)N1CCCN(C2CCC2)CC1.OC1CCOCC1. The van der Waals surface area contributed by atoms with E-state index < -0.39 is 0 Å². The second-order valence-corrected chi connectivity index (χ2v) is 15.4. The summed E-state index contributed by atoms with van der Waals surface area (Å²) < 4.78 is 16.2. The number of hydrogen-bond donors (Lipinski definition) is 1. The molecule has 12 nitrogen and oxygen atoms in total. The molecule has 2 aromatic rings. The lowest BCUT2D eigenvalue weighted by molar-refractivity contribution is 0.0140. The second kappa shape index (κ2) is 23.7. The van der Waals surface area contributed by atoms with E-state index in [9.17, 15) is 9.59 Å². The predicted octanol–water partition coefficient (Wildman–Crippen LogP) is 5.64. The summed E-state index contributed by atoms with van der Waals surface area (Å²) in [5.41, 5.74) is 2.32. The molecule has 2 aliphatic carbocycles. The van der Waals surface area contributed by atoms with Crippen LogP contribution in [0.3, 0.4) is 0 Å². The fraction of sp³-hybridized carbons (Fsp3) is 0.714. The van der Waals surface area contributed by atoms with E-state index in [2.05, 4.69) is 42.4 Å². The molecule has 0 atom stereocenters. The van der Waals surface area contributed by atoms with Gasteiger partial charge in [-0.3, -0.25) is 24.4 Å². The highest BCUT2D eigenvalue weighted by Crippen LogP contribution is 2.27. The van der Waals surface area contributed by atoms with Crippen molar-refractivity contribution in [3.8, 4) is 5.88 Å². The highest BCUT2D eigenvalue weighted by molar-refractivity contribution is 14.1. The molecule has 0 bridgehead atoms. The van der Waals surface area contributed by atoms with Gasteiger partial charge in [0.05, 0.1) is 30.4 Å². The van der Waals surface area contributed by atoms with Crippen molar-refractivity contribution in [2.45, 2.75) is 108 Å². The van der Waals surface area contributed by atoms with E-state index >= 15 is 0 Å². The number of carbonyl (C=O) groups excluding carboxylic acids is 2. The van der Waals surface area contributed by atoms with Crippen molar-refractivity contribution in [3.63, 3.8) is 0 Å². The van der Waals surface area contributed by atoms with Crippen LogP contribution < -0.4 is 4.74 Å². The molecule has 6 aliphatic rings. The van der Waals surface area contributed by atoms with Crippen LogP contribution in [0.5, 0.6) is 5.88 Å². The summed E-state index contributed by atoms with van der Waals surface area (Å²) in [7, 11) is 0. The molecule has 6 fully saturated rings. The van der Waals surface area contributed by atoms with Crippen molar-refractivity contribution in [2.24, 2.45) is 0 Å². The zero-order valence-electron chi connectivity index (χ0n) is 33.3. The lowest BCUT2D eigenvalue weighted by Gasteiger charge is -2.36. The highest BCUT2D eigenvalue weighted by Gasteiger charge is 2.29. The zero-order valence-corrected chi connectivity index (χ0v) is 35.5. The topological polar surface area (TPSA) is 121 Å². The van der Waals surface area contributed by atoms with Gasteiger partial charge in [0.2, 0.25) is 5.88 Å². The maximum Gasteiger partial charge on any atom is 0.255 e. The number of pyridine rings is 2. The molecule has 6 heterocycles. The standard InChI is InChI=1S/C20H29N3O3.C16H23N3O.C5H10O2.CH3I/c24-20(23-10-2-9-22(11-12-23)17-3-1-4-17)16-5-6-19(21-15-16)26-18-7-13-25-14-8-18;1-13-6-7-14(12-17-13)16(20)19-9-3-8-18(10-11-19)15-4-2-5-15;6-5-1-3-7-4-2-5;1-2/h5-6,15,17-18H,1-4,7-14H2;6-7,12,15H,2-5,8-11H2,1H3;5-6H,1-4H2;1H3. The molecule has 13 heteroatoms. The molecule has 2 aromatic heterocycles. The second-order valence-electron chi connectivity index (χ2n) is 15.4. The van der Waals surface area contributed by atoms with Crippen molar-refractivity contribution in [2.75, 3.05) is 83.7 Å². The molecule has 0 aromatic carbocycles. The number of halogens is 1. The molecule has 8 rings (SSSR count). The molecular weight excluding hydrogens is 811 g/mol. The first-order valence-electron chi connectivity index (χ1n) is 20.8. The van der Waals surface area contributed by atoms with Crippen molar-refractivity contribution < 1.29 is 28.9 Å². The molecule has 0 radical (unpaired) electrons. The van der Waals surface area contributed by atoms with Crippen LogP contribution in [0.1, 0.15) is 103 Å². The van der Waals surface area contributed by atoms with Crippen molar-refractivity contribution >= 4 is 34.4 Å². The summed E-state index contributed by atoms with van der Waals surface area (Å²) in [5.74, 6) is 0.819. The van der Waals surface area contributed by atoms with E-state index in [0.29, 0.717) is 17.0 Å². The first kappa shape index (κ1) is 43.7. The first-order valence-corrected chi connectivity index (χ1v) is 22.9. The number of aromatic nitrogens is 2. The van der Waals surface area contributed by atoms with E-state index in [1.165, 1.54) is 38.5 Å². The zero-order chi connectivity index (χ0) is 38.8. The number of aryl methyl sites for hydroxylation is 1. The lowest BCUT2D eigenvalue weighted by atomic mass is 9.91. The normalized spacial score (nSPS) is 22.1. The number of amides is 2. The Bertz CT molecular complexity index is 1400. The largest absolute Gasteiger partial charge is 0.474 e. The Kier molecular flexibility index (Phi) is 18.8. The number of hydrogen-bond acceptors (Lipinski definition) is 10. The molecular formula is C42H65IN6O6. The summed E-state index contributed by atoms with van der Waals surface area (Å²) in [6.45, 7) is 12.5. The van der Waals surface area contributed by atoms with E-state index in [1.54, 1.807) is 12.4 Å². The van der Waals surface area contributed by atoms with Gasteiger partial charge in [0, 0.05) is 115 Å². The fourth-order valence-corrected chi connectivity index (χ4v) is 7.70. The third-order valence-corrected chi connectivity index (χ3v) is 11.6. The molecule has 4 saturated heterocycles. The number of aliphatic hydroxyl groups excluding tert-OH is 1. The number of aliphatic hydroxyl groups is 1. The van der Waals surface area contributed by atoms with Crippen LogP contribution in [0.4, 0.5) is 0 Å².